The fourth-order valence-corrected chi connectivity index (χ4v) is 4.84. The van der Waals surface area contributed by atoms with Crippen molar-refractivity contribution in [1.82, 2.24) is 4.57 Å². The molecule has 0 unspecified atom stereocenters. The molecular weight excluding hydrogens is 456 g/mol. The Bertz CT molecular complexity index is 1170. The Morgan fingerprint density at radius 1 is 0.622 bits per heavy atom. The van der Waals surface area contributed by atoms with E-state index in [1.165, 1.54) is 11.1 Å². The summed E-state index contributed by atoms with van der Waals surface area (Å²) in [7, 11) is 0. The molecule has 1 aromatic heterocycles. The number of phenolic OH excluding ortho intramolecular Hbond substituents is 2. The summed E-state index contributed by atoms with van der Waals surface area (Å²) in [4.78, 5) is 0. The van der Waals surface area contributed by atoms with E-state index in [1.807, 2.05) is 24.5 Å². The number of phenols is 2. The third-order valence-corrected chi connectivity index (χ3v) is 7.23. The summed E-state index contributed by atoms with van der Waals surface area (Å²) in [6.45, 7) is 27.4. The van der Waals surface area contributed by atoms with E-state index in [-0.39, 0.29) is 21.7 Å². The maximum absolute atomic E-state index is 11.1. The number of imidazole rings is 1. The molecule has 4 heteroatoms. The normalized spacial score (nSPS) is 13.3. The summed E-state index contributed by atoms with van der Waals surface area (Å²) in [5, 5.41) is 22.2. The second-order valence-electron chi connectivity index (χ2n) is 14.8. The summed E-state index contributed by atoms with van der Waals surface area (Å²) in [5.41, 5.74) is 6.26. The number of hydrogen-bond acceptors (Lipinski definition) is 2. The van der Waals surface area contributed by atoms with Crippen LogP contribution >= 0.6 is 0 Å². The molecule has 2 aromatic carbocycles. The van der Waals surface area contributed by atoms with Crippen LogP contribution in [-0.2, 0) is 34.7 Å². The van der Waals surface area contributed by atoms with Crippen LogP contribution in [0.25, 0.3) is 0 Å². The SMILES string of the molecule is CC(C)(C)c1cc(O)c(Cn2cc[n+](Cc3c(O)cc(C(C)(C)C)cc3C(C)(C)C)c2)c(C(C)(C)C)c1. The van der Waals surface area contributed by atoms with Gasteiger partial charge in [0.1, 0.15) is 37.0 Å². The second kappa shape index (κ2) is 9.53. The van der Waals surface area contributed by atoms with Crippen molar-refractivity contribution in [2.45, 2.75) is 118 Å². The Hall–Kier alpha value is -2.75. The van der Waals surface area contributed by atoms with Gasteiger partial charge in [-0.25, -0.2) is 9.13 Å². The van der Waals surface area contributed by atoms with Crippen LogP contribution < -0.4 is 4.57 Å². The molecule has 0 aliphatic rings. The lowest BCUT2D eigenvalue weighted by Crippen LogP contribution is -2.33. The number of aromatic hydroxyl groups is 2. The molecule has 0 atom stereocenters. The molecule has 4 nitrogen and oxygen atoms in total. The molecule has 0 fully saturated rings. The average molecular weight is 506 g/mol. The zero-order chi connectivity index (χ0) is 28.1. The quantitative estimate of drug-likeness (QED) is 0.361. The Balaban J connectivity index is 1.99. The zero-order valence-corrected chi connectivity index (χ0v) is 25.2. The highest BCUT2D eigenvalue weighted by molar-refractivity contribution is 5.49. The zero-order valence-electron chi connectivity index (χ0n) is 25.2. The van der Waals surface area contributed by atoms with E-state index < -0.39 is 0 Å². The van der Waals surface area contributed by atoms with Gasteiger partial charge in [-0.2, -0.15) is 0 Å². The molecule has 0 saturated carbocycles. The minimum Gasteiger partial charge on any atom is -0.507 e. The first-order chi connectivity index (χ1) is 16.7. The highest BCUT2D eigenvalue weighted by Crippen LogP contribution is 2.38. The maximum Gasteiger partial charge on any atom is 0.244 e. The van der Waals surface area contributed by atoms with E-state index in [1.54, 1.807) is 0 Å². The molecule has 3 aromatic rings. The number of hydrogen-bond donors (Lipinski definition) is 2. The van der Waals surface area contributed by atoms with Gasteiger partial charge in [-0.05, 0) is 56.0 Å². The molecule has 37 heavy (non-hydrogen) atoms. The summed E-state index contributed by atoms with van der Waals surface area (Å²) < 4.78 is 4.22. The fraction of sp³-hybridized carbons (Fsp3) is 0.545. The first kappa shape index (κ1) is 28.8. The van der Waals surface area contributed by atoms with Crippen LogP contribution in [0.15, 0.2) is 43.0 Å². The third-order valence-electron chi connectivity index (χ3n) is 7.23. The van der Waals surface area contributed by atoms with Crippen LogP contribution in [0, 0.1) is 0 Å². The van der Waals surface area contributed by atoms with E-state index in [4.69, 9.17) is 0 Å². The van der Waals surface area contributed by atoms with E-state index in [0.29, 0.717) is 24.6 Å². The van der Waals surface area contributed by atoms with Crippen molar-refractivity contribution >= 4 is 0 Å². The number of benzene rings is 2. The Kier molecular flexibility index (Phi) is 7.42. The standard InChI is InChI=1S/C33H48N2O2/c1-30(2,3)22-15-26(32(7,8)9)24(28(36)17-22)19-34-13-14-35(21-34)20-25-27(33(10,11)12)16-23(18-29(25)37)31(4,5)6/h13-18,21H,19-20H2,1-12H3,(H-,36,37)/p+1. The van der Waals surface area contributed by atoms with Gasteiger partial charge in [0.05, 0.1) is 0 Å². The third kappa shape index (κ3) is 6.58. The number of rotatable bonds is 4. The van der Waals surface area contributed by atoms with Crippen molar-refractivity contribution < 1.29 is 14.8 Å². The van der Waals surface area contributed by atoms with Gasteiger partial charge in [0.2, 0.25) is 6.33 Å². The largest absolute Gasteiger partial charge is 0.507 e. The van der Waals surface area contributed by atoms with Crippen molar-refractivity contribution in [2.24, 2.45) is 0 Å². The molecule has 0 amide bonds. The molecule has 202 valence electrons. The topological polar surface area (TPSA) is 49.3 Å². The van der Waals surface area contributed by atoms with Crippen LogP contribution in [0.5, 0.6) is 11.5 Å². The molecule has 0 saturated heterocycles. The van der Waals surface area contributed by atoms with E-state index in [2.05, 4.69) is 111 Å². The first-order valence-electron chi connectivity index (χ1n) is 13.5. The summed E-state index contributed by atoms with van der Waals surface area (Å²) in [5.74, 6) is 0.700. The Labute approximate surface area is 225 Å². The molecular formula is C33H49N2O2+. The van der Waals surface area contributed by atoms with Crippen LogP contribution in [-0.4, -0.2) is 14.8 Å². The predicted octanol–water partition coefficient (Wildman–Crippen LogP) is 7.47. The molecule has 0 radical (unpaired) electrons. The van der Waals surface area contributed by atoms with Crippen molar-refractivity contribution in [2.75, 3.05) is 0 Å². The van der Waals surface area contributed by atoms with Crippen LogP contribution in [0.3, 0.4) is 0 Å². The van der Waals surface area contributed by atoms with Crippen molar-refractivity contribution in [1.29, 1.82) is 0 Å². The average Bonchev–Trinajstić information content (AvgIpc) is 3.14. The highest BCUT2D eigenvalue weighted by atomic mass is 16.3. The summed E-state index contributed by atoms with van der Waals surface area (Å²) in [6.07, 6.45) is 6.15. The highest BCUT2D eigenvalue weighted by Gasteiger charge is 2.28. The summed E-state index contributed by atoms with van der Waals surface area (Å²) >= 11 is 0. The lowest BCUT2D eigenvalue weighted by Gasteiger charge is -2.28. The van der Waals surface area contributed by atoms with Gasteiger partial charge in [-0.15, -0.1) is 0 Å². The van der Waals surface area contributed by atoms with Gasteiger partial charge >= 0.3 is 0 Å². The smallest absolute Gasteiger partial charge is 0.244 e. The lowest BCUT2D eigenvalue weighted by molar-refractivity contribution is -0.688. The Morgan fingerprint density at radius 3 is 1.49 bits per heavy atom. The van der Waals surface area contributed by atoms with Gasteiger partial charge in [-0.1, -0.05) is 95.2 Å². The molecule has 0 aliphatic carbocycles. The van der Waals surface area contributed by atoms with E-state index >= 15 is 0 Å². The molecule has 0 bridgehead atoms. The predicted molar refractivity (Wildman–Crippen MR) is 154 cm³/mol. The number of nitrogens with zero attached hydrogens (tertiary/aromatic N) is 2. The van der Waals surface area contributed by atoms with Crippen LogP contribution in [0.4, 0.5) is 0 Å². The molecule has 1 heterocycles. The summed E-state index contributed by atoms with van der Waals surface area (Å²) in [6, 6.07) is 8.37. The van der Waals surface area contributed by atoms with Crippen molar-refractivity contribution in [3.8, 4) is 11.5 Å². The molecule has 0 spiro atoms. The van der Waals surface area contributed by atoms with Crippen molar-refractivity contribution in [3.05, 3.63) is 76.4 Å². The minimum absolute atomic E-state index is 0.0399. The van der Waals surface area contributed by atoms with Gasteiger partial charge in [0.25, 0.3) is 0 Å². The van der Waals surface area contributed by atoms with E-state index in [9.17, 15) is 10.2 Å². The van der Waals surface area contributed by atoms with Gasteiger partial charge < -0.3 is 10.2 Å². The minimum atomic E-state index is -0.0978. The molecule has 3 rings (SSSR count). The van der Waals surface area contributed by atoms with Crippen molar-refractivity contribution in [3.63, 3.8) is 0 Å². The maximum atomic E-state index is 11.1. The molecule has 0 aliphatic heterocycles. The molecule has 2 N–H and O–H groups in total. The van der Waals surface area contributed by atoms with Gasteiger partial charge in [0, 0.05) is 11.1 Å². The number of aromatic nitrogens is 2. The van der Waals surface area contributed by atoms with Gasteiger partial charge in [-0.3, -0.25) is 0 Å². The first-order valence-corrected chi connectivity index (χ1v) is 13.5. The second-order valence-corrected chi connectivity index (χ2v) is 14.8. The van der Waals surface area contributed by atoms with E-state index in [0.717, 1.165) is 22.3 Å². The lowest BCUT2D eigenvalue weighted by atomic mass is 9.78. The Morgan fingerprint density at radius 2 is 1.05 bits per heavy atom. The van der Waals surface area contributed by atoms with Crippen LogP contribution in [0.2, 0.25) is 0 Å². The monoisotopic (exact) mass is 505 g/mol. The van der Waals surface area contributed by atoms with Crippen LogP contribution in [0.1, 0.15) is 116 Å². The van der Waals surface area contributed by atoms with Gasteiger partial charge in [0.15, 0.2) is 0 Å². The fourth-order valence-electron chi connectivity index (χ4n) is 4.84.